The van der Waals surface area contributed by atoms with Crippen molar-refractivity contribution in [2.24, 2.45) is 27.9 Å². The summed E-state index contributed by atoms with van der Waals surface area (Å²) < 4.78 is 16.4. The normalized spacial score (nSPS) is 12.8. The SMILES string of the molecule is C[C@H](N)CCCc1cc(Cl)c(F)c(-c2cc3cn(-c4ccc([C@@H](NCCCN=C(N)N)C(N)=O)cc4)c(=O)nc3[nH]2)c1. The van der Waals surface area contributed by atoms with E-state index in [0.29, 0.717) is 59.5 Å². The van der Waals surface area contributed by atoms with E-state index >= 15 is 4.39 Å². The number of nitrogens with two attached hydrogens (primary N) is 4. The number of carbonyl (C=O) groups is 1. The van der Waals surface area contributed by atoms with Crippen molar-refractivity contribution in [3.05, 3.63) is 81.1 Å². The summed E-state index contributed by atoms with van der Waals surface area (Å²) in [5, 5.41) is 3.72. The van der Waals surface area contributed by atoms with Crippen LogP contribution in [0, 0.1) is 5.82 Å². The number of amides is 1. The molecule has 2 heterocycles. The highest BCUT2D eigenvalue weighted by molar-refractivity contribution is 6.31. The lowest BCUT2D eigenvalue weighted by Crippen LogP contribution is -2.34. The van der Waals surface area contributed by atoms with Gasteiger partial charge >= 0.3 is 5.69 Å². The number of rotatable bonds is 13. The zero-order chi connectivity index (χ0) is 30.4. The molecular weight excluding hydrogens is 561 g/mol. The topological polar surface area (TPSA) is 196 Å². The predicted molar refractivity (Wildman–Crippen MR) is 164 cm³/mol. The third kappa shape index (κ3) is 7.52. The van der Waals surface area contributed by atoms with Gasteiger partial charge in [-0.25, -0.2) is 9.18 Å². The van der Waals surface area contributed by atoms with Crippen LogP contribution >= 0.6 is 11.6 Å². The Bertz CT molecular complexity index is 1640. The van der Waals surface area contributed by atoms with Gasteiger partial charge in [-0.3, -0.25) is 14.4 Å². The Labute approximate surface area is 247 Å². The maximum Gasteiger partial charge on any atom is 0.354 e. The highest BCUT2D eigenvalue weighted by atomic mass is 35.5. The average Bonchev–Trinajstić information content (AvgIpc) is 3.34. The van der Waals surface area contributed by atoms with Gasteiger partial charge in [0.2, 0.25) is 5.91 Å². The molecule has 2 aromatic carbocycles. The van der Waals surface area contributed by atoms with E-state index in [1.54, 1.807) is 48.7 Å². The van der Waals surface area contributed by atoms with E-state index in [2.05, 4.69) is 20.3 Å². The number of benzene rings is 2. The summed E-state index contributed by atoms with van der Waals surface area (Å²) in [5.41, 5.74) is 24.7. The average molecular weight is 596 g/mol. The molecule has 0 aliphatic rings. The molecule has 0 saturated heterocycles. The van der Waals surface area contributed by atoms with Crippen LogP contribution in [0.5, 0.6) is 0 Å². The van der Waals surface area contributed by atoms with Crippen LogP contribution in [0.3, 0.4) is 0 Å². The fourth-order valence-electron chi connectivity index (χ4n) is 4.68. The van der Waals surface area contributed by atoms with E-state index in [4.69, 9.17) is 34.5 Å². The number of aromatic nitrogens is 3. The lowest BCUT2D eigenvalue weighted by atomic mass is 10.0. The molecule has 0 aliphatic carbocycles. The van der Waals surface area contributed by atoms with Gasteiger partial charge in [-0.15, -0.1) is 0 Å². The van der Waals surface area contributed by atoms with Crippen molar-refractivity contribution in [2.75, 3.05) is 13.1 Å². The molecule has 1 amide bonds. The quantitative estimate of drug-likeness (QED) is 0.0775. The van der Waals surface area contributed by atoms with E-state index in [-0.39, 0.29) is 17.0 Å². The predicted octanol–water partition coefficient (Wildman–Crippen LogP) is 2.62. The number of halogens is 2. The molecule has 11 nitrogen and oxygen atoms in total. The van der Waals surface area contributed by atoms with Gasteiger partial charge < -0.3 is 33.2 Å². The number of aromatic amines is 1. The third-order valence-electron chi connectivity index (χ3n) is 6.78. The number of carbonyl (C=O) groups excluding carboxylic acids is 1. The Balaban J connectivity index is 1.57. The second kappa shape index (κ2) is 13.6. The molecule has 0 fully saturated rings. The summed E-state index contributed by atoms with van der Waals surface area (Å²) in [7, 11) is 0. The first-order chi connectivity index (χ1) is 20.0. The molecule has 0 saturated carbocycles. The van der Waals surface area contributed by atoms with Crippen LogP contribution in [0.25, 0.3) is 28.0 Å². The van der Waals surface area contributed by atoms with Gasteiger partial charge in [0.1, 0.15) is 11.7 Å². The smallest absolute Gasteiger partial charge is 0.354 e. The van der Waals surface area contributed by atoms with Crippen LogP contribution in [0.15, 0.2) is 58.4 Å². The summed E-state index contributed by atoms with van der Waals surface area (Å²) in [4.78, 5) is 36.1. The Morgan fingerprint density at radius 3 is 2.57 bits per heavy atom. The van der Waals surface area contributed by atoms with Crippen molar-refractivity contribution >= 4 is 34.5 Å². The summed E-state index contributed by atoms with van der Waals surface area (Å²) in [6.07, 6.45) is 4.63. The van der Waals surface area contributed by atoms with Crippen LogP contribution in [-0.2, 0) is 11.2 Å². The minimum absolute atomic E-state index is 0.00496. The number of nitrogens with one attached hydrogen (secondary N) is 2. The van der Waals surface area contributed by atoms with Crippen LogP contribution in [0.2, 0.25) is 5.02 Å². The number of guanidine groups is 1. The van der Waals surface area contributed by atoms with Gasteiger partial charge in [-0.05, 0) is 80.6 Å². The molecule has 4 rings (SSSR count). The summed E-state index contributed by atoms with van der Waals surface area (Å²) in [5.74, 6) is -1.10. The van der Waals surface area contributed by atoms with Crippen LogP contribution in [-0.4, -0.2) is 45.5 Å². The molecule has 0 radical (unpaired) electrons. The number of hydrogen-bond acceptors (Lipinski definition) is 6. The summed E-state index contributed by atoms with van der Waals surface area (Å²) in [6.45, 7) is 2.82. The number of H-pyrrole nitrogens is 1. The second-order valence-electron chi connectivity index (χ2n) is 10.2. The summed E-state index contributed by atoms with van der Waals surface area (Å²) >= 11 is 6.22. The van der Waals surface area contributed by atoms with Crippen LogP contribution < -0.4 is 33.9 Å². The fourth-order valence-corrected chi connectivity index (χ4v) is 4.92. The number of fused-ring (bicyclic) bond motifs is 1. The highest BCUT2D eigenvalue weighted by Gasteiger charge is 2.18. The van der Waals surface area contributed by atoms with E-state index in [1.165, 1.54) is 4.57 Å². The molecule has 4 aromatic rings. The van der Waals surface area contributed by atoms with Gasteiger partial charge in [0.15, 0.2) is 11.8 Å². The zero-order valence-electron chi connectivity index (χ0n) is 23.2. The van der Waals surface area contributed by atoms with Gasteiger partial charge in [0.05, 0.1) is 16.4 Å². The molecule has 2 atom stereocenters. The number of aryl methyl sites for hydroxylation is 1. The van der Waals surface area contributed by atoms with Crippen molar-refractivity contribution in [3.63, 3.8) is 0 Å². The molecule has 0 spiro atoms. The Hall–Kier alpha value is -4.26. The first-order valence-corrected chi connectivity index (χ1v) is 14.0. The first-order valence-electron chi connectivity index (χ1n) is 13.6. The minimum Gasteiger partial charge on any atom is -0.370 e. The monoisotopic (exact) mass is 595 g/mol. The van der Waals surface area contributed by atoms with E-state index in [0.717, 1.165) is 18.4 Å². The van der Waals surface area contributed by atoms with Gasteiger partial charge in [0, 0.05) is 29.7 Å². The van der Waals surface area contributed by atoms with Crippen molar-refractivity contribution in [1.29, 1.82) is 0 Å². The van der Waals surface area contributed by atoms with E-state index < -0.39 is 23.5 Å². The molecule has 42 heavy (non-hydrogen) atoms. The number of primary amides is 1. The maximum absolute atomic E-state index is 15.1. The van der Waals surface area contributed by atoms with Crippen molar-refractivity contribution in [3.8, 4) is 16.9 Å². The number of hydrogen-bond donors (Lipinski definition) is 6. The molecule has 0 unspecified atom stereocenters. The highest BCUT2D eigenvalue weighted by Crippen LogP contribution is 2.31. The summed E-state index contributed by atoms with van der Waals surface area (Å²) in [6, 6.07) is 11.3. The molecule has 2 aromatic heterocycles. The molecule has 222 valence electrons. The largest absolute Gasteiger partial charge is 0.370 e. The third-order valence-corrected chi connectivity index (χ3v) is 7.05. The van der Waals surface area contributed by atoms with Crippen LogP contribution in [0.1, 0.15) is 43.4 Å². The Morgan fingerprint density at radius 1 is 1.17 bits per heavy atom. The Morgan fingerprint density at radius 2 is 1.90 bits per heavy atom. The lowest BCUT2D eigenvalue weighted by Gasteiger charge is -2.16. The van der Waals surface area contributed by atoms with E-state index in [9.17, 15) is 9.59 Å². The maximum atomic E-state index is 15.1. The Kier molecular flexibility index (Phi) is 9.94. The van der Waals surface area contributed by atoms with Crippen LogP contribution in [0.4, 0.5) is 4.39 Å². The number of aliphatic imine (C=N–C) groups is 1. The molecule has 13 heteroatoms. The molecule has 0 aliphatic heterocycles. The number of nitrogens with zero attached hydrogens (tertiary/aromatic N) is 3. The van der Waals surface area contributed by atoms with Crippen molar-refractivity contribution < 1.29 is 9.18 Å². The molecule has 0 bridgehead atoms. The minimum atomic E-state index is -0.737. The molecule has 10 N–H and O–H groups in total. The first kappa shape index (κ1) is 30.7. The van der Waals surface area contributed by atoms with Gasteiger partial charge in [-0.2, -0.15) is 4.98 Å². The standard InChI is InChI=1S/C29H35ClFN9O2/c1-16(32)4-2-5-17-12-21(24(31)22(30)13-17)23-14-19-15-40(29(42)39-27(19)38-23)20-8-6-18(7-9-20)25(26(33)41)36-10-3-11-37-28(34)35/h6-9,12-16,25,36H,2-5,10-11,32H2,1H3,(H2,33,41)(H4,34,35,37)(H,38,39,42)/t16-,25+/m0/s1. The van der Waals surface area contributed by atoms with Gasteiger partial charge in [0.25, 0.3) is 0 Å². The van der Waals surface area contributed by atoms with E-state index in [1.807, 2.05) is 6.92 Å². The van der Waals surface area contributed by atoms with Gasteiger partial charge in [-0.1, -0.05) is 23.7 Å². The fraction of sp³-hybridized carbons (Fsp3) is 0.310. The molecular formula is C29H35ClFN9O2. The van der Waals surface area contributed by atoms with Crippen molar-refractivity contribution in [1.82, 2.24) is 19.9 Å². The zero-order valence-corrected chi connectivity index (χ0v) is 24.0. The lowest BCUT2D eigenvalue weighted by molar-refractivity contribution is -0.120. The van der Waals surface area contributed by atoms with Crippen molar-refractivity contribution in [2.45, 2.75) is 44.7 Å². The second-order valence-corrected chi connectivity index (χ2v) is 10.6.